The van der Waals surface area contributed by atoms with Gasteiger partial charge in [-0.1, -0.05) is 6.07 Å². The van der Waals surface area contributed by atoms with Crippen LogP contribution in [-0.2, 0) is 24.6 Å². The molecule has 0 unspecified atom stereocenters. The lowest BCUT2D eigenvalue weighted by Gasteiger charge is -2.35. The molecule has 30 heavy (non-hydrogen) atoms. The summed E-state index contributed by atoms with van der Waals surface area (Å²) in [6.07, 6.45) is -0.0860. The summed E-state index contributed by atoms with van der Waals surface area (Å²) >= 11 is 0. The predicted octanol–water partition coefficient (Wildman–Crippen LogP) is 0.590. The Labute approximate surface area is 178 Å². The van der Waals surface area contributed by atoms with Crippen LogP contribution in [0.1, 0.15) is 30.6 Å². The summed E-state index contributed by atoms with van der Waals surface area (Å²) in [4.78, 5) is 13.2. The van der Waals surface area contributed by atoms with E-state index in [1.54, 1.807) is 25.2 Å². The van der Waals surface area contributed by atoms with Gasteiger partial charge in [0.15, 0.2) is 9.84 Å². The van der Waals surface area contributed by atoms with Crippen LogP contribution in [0.15, 0.2) is 29.2 Å². The molecule has 168 valence electrons. The second-order valence-corrected chi connectivity index (χ2v) is 12.3. The Morgan fingerprint density at radius 1 is 1.17 bits per heavy atom. The van der Waals surface area contributed by atoms with Crippen LogP contribution in [0.3, 0.4) is 0 Å². The SMILES string of the molecule is C[C@@H]1CN(S(=O)(=O)c2cccc(C(=O)N([C@@H]3CCS(=O)(=O)C3)N(C)C)c2)C[C@@H](C)O1. The third-order valence-electron chi connectivity index (χ3n) is 5.30. The van der Waals surface area contributed by atoms with Gasteiger partial charge in [0.1, 0.15) is 0 Å². The Bertz CT molecular complexity index is 999. The first-order valence-electron chi connectivity index (χ1n) is 9.87. The molecule has 2 heterocycles. The van der Waals surface area contributed by atoms with Crippen molar-refractivity contribution in [2.75, 3.05) is 38.7 Å². The fraction of sp³-hybridized carbons (Fsp3) is 0.632. The van der Waals surface area contributed by atoms with Crippen LogP contribution >= 0.6 is 0 Å². The van der Waals surface area contributed by atoms with Crippen molar-refractivity contribution in [2.24, 2.45) is 0 Å². The van der Waals surface area contributed by atoms with E-state index in [1.165, 1.54) is 27.5 Å². The summed E-state index contributed by atoms with van der Waals surface area (Å²) in [6, 6.07) is 5.44. The smallest absolute Gasteiger partial charge is 0.268 e. The van der Waals surface area contributed by atoms with E-state index in [2.05, 4.69) is 0 Å². The first-order valence-corrected chi connectivity index (χ1v) is 13.1. The summed E-state index contributed by atoms with van der Waals surface area (Å²) in [5, 5.41) is 2.95. The molecule has 0 aromatic heterocycles. The molecule has 9 nitrogen and oxygen atoms in total. The summed E-state index contributed by atoms with van der Waals surface area (Å²) in [5.41, 5.74) is 0.198. The van der Waals surface area contributed by atoms with Gasteiger partial charge in [-0.15, -0.1) is 0 Å². The summed E-state index contributed by atoms with van der Waals surface area (Å²) < 4.78 is 57.1. The van der Waals surface area contributed by atoms with Crippen LogP contribution in [0.2, 0.25) is 0 Å². The Balaban J connectivity index is 1.89. The van der Waals surface area contributed by atoms with Gasteiger partial charge in [0.05, 0.1) is 34.7 Å². The van der Waals surface area contributed by atoms with Gasteiger partial charge in [0.25, 0.3) is 5.91 Å². The molecule has 1 aromatic rings. The monoisotopic (exact) mass is 459 g/mol. The number of hydrogen-bond acceptors (Lipinski definition) is 7. The normalized spacial score (nSPS) is 27.3. The quantitative estimate of drug-likeness (QED) is 0.594. The molecule has 11 heteroatoms. The van der Waals surface area contributed by atoms with E-state index in [0.717, 1.165) is 0 Å². The largest absolute Gasteiger partial charge is 0.373 e. The lowest BCUT2D eigenvalue weighted by atomic mass is 10.1. The van der Waals surface area contributed by atoms with Gasteiger partial charge in [0.2, 0.25) is 10.0 Å². The predicted molar refractivity (Wildman–Crippen MR) is 112 cm³/mol. The molecule has 1 amide bonds. The number of carbonyl (C=O) groups is 1. The Morgan fingerprint density at radius 2 is 1.80 bits per heavy atom. The number of benzene rings is 1. The van der Waals surface area contributed by atoms with Crippen LogP contribution in [0.25, 0.3) is 0 Å². The lowest BCUT2D eigenvalue weighted by molar-refractivity contribution is -0.0440. The van der Waals surface area contributed by atoms with Crippen molar-refractivity contribution in [2.45, 2.75) is 43.4 Å². The molecule has 0 bridgehead atoms. The van der Waals surface area contributed by atoms with Gasteiger partial charge < -0.3 is 4.74 Å². The number of ether oxygens (including phenoxy) is 1. The molecule has 0 aliphatic carbocycles. The summed E-state index contributed by atoms with van der Waals surface area (Å²) in [5.74, 6) is -0.488. The van der Waals surface area contributed by atoms with E-state index >= 15 is 0 Å². The molecule has 0 radical (unpaired) electrons. The van der Waals surface area contributed by atoms with Crippen molar-refractivity contribution in [3.05, 3.63) is 29.8 Å². The van der Waals surface area contributed by atoms with Gasteiger partial charge in [-0.05, 0) is 38.5 Å². The first kappa shape index (κ1) is 23.1. The highest BCUT2D eigenvalue weighted by Crippen LogP contribution is 2.24. The standard InChI is InChI=1S/C19H29N3O6S2/c1-14-11-21(12-15(2)28-14)30(26,27)18-7-5-6-16(10-18)19(23)22(20(3)4)17-8-9-29(24,25)13-17/h5-7,10,14-15,17H,8-9,11-13H2,1-4H3/t14-,15-,17-/m1/s1. The van der Waals surface area contributed by atoms with E-state index in [4.69, 9.17) is 4.74 Å². The van der Waals surface area contributed by atoms with Gasteiger partial charge >= 0.3 is 0 Å². The molecule has 0 saturated carbocycles. The number of hydrazine groups is 1. The van der Waals surface area contributed by atoms with E-state index < -0.39 is 31.8 Å². The first-order chi connectivity index (χ1) is 13.9. The number of hydrogen-bond donors (Lipinski definition) is 0. The number of rotatable bonds is 5. The van der Waals surface area contributed by atoms with Gasteiger partial charge in [-0.3, -0.25) is 9.80 Å². The Kier molecular flexibility index (Phi) is 6.59. The third kappa shape index (κ3) is 4.86. The molecule has 0 spiro atoms. The fourth-order valence-electron chi connectivity index (χ4n) is 4.04. The van der Waals surface area contributed by atoms with E-state index in [0.29, 0.717) is 6.42 Å². The van der Waals surface area contributed by atoms with Crippen molar-refractivity contribution < 1.29 is 26.4 Å². The van der Waals surface area contributed by atoms with E-state index in [-0.39, 0.29) is 47.3 Å². The highest BCUT2D eigenvalue weighted by atomic mass is 32.2. The lowest BCUT2D eigenvalue weighted by Crippen LogP contribution is -2.49. The van der Waals surface area contributed by atoms with E-state index in [1.807, 2.05) is 13.8 Å². The molecule has 0 N–H and O–H groups in total. The molecule has 3 rings (SSSR count). The summed E-state index contributed by atoms with van der Waals surface area (Å²) in [7, 11) is -3.64. The average molecular weight is 460 g/mol. The van der Waals surface area contributed by atoms with Crippen molar-refractivity contribution >= 4 is 25.8 Å². The van der Waals surface area contributed by atoms with Gasteiger partial charge in [-0.25, -0.2) is 21.8 Å². The topological polar surface area (TPSA) is 104 Å². The minimum absolute atomic E-state index is 0.0346. The number of amides is 1. The highest BCUT2D eigenvalue weighted by molar-refractivity contribution is 7.91. The highest BCUT2D eigenvalue weighted by Gasteiger charge is 2.37. The molecule has 2 aliphatic rings. The van der Waals surface area contributed by atoms with Gasteiger partial charge in [0, 0.05) is 32.7 Å². The molecular weight excluding hydrogens is 430 g/mol. The maximum atomic E-state index is 13.2. The van der Waals surface area contributed by atoms with Crippen LogP contribution in [0.5, 0.6) is 0 Å². The number of nitrogens with zero attached hydrogens (tertiary/aromatic N) is 3. The zero-order valence-corrected chi connectivity index (χ0v) is 19.3. The van der Waals surface area contributed by atoms with Crippen LogP contribution in [-0.4, -0.2) is 94.0 Å². The molecule has 2 saturated heterocycles. The Hall–Kier alpha value is -1.53. The number of carbonyl (C=O) groups excluding carboxylic acids is 1. The molecule has 2 aliphatic heterocycles. The van der Waals surface area contributed by atoms with Crippen LogP contribution in [0.4, 0.5) is 0 Å². The zero-order chi connectivity index (χ0) is 22.3. The van der Waals surface area contributed by atoms with Crippen molar-refractivity contribution in [1.29, 1.82) is 0 Å². The second-order valence-electron chi connectivity index (χ2n) is 8.16. The number of sulfone groups is 1. The molecular formula is C19H29N3O6S2. The molecule has 2 fully saturated rings. The zero-order valence-electron chi connectivity index (χ0n) is 17.7. The number of morpholine rings is 1. The fourth-order valence-corrected chi connectivity index (χ4v) is 7.37. The number of sulfonamides is 1. The van der Waals surface area contributed by atoms with Crippen molar-refractivity contribution in [3.63, 3.8) is 0 Å². The maximum Gasteiger partial charge on any atom is 0.268 e. The van der Waals surface area contributed by atoms with Gasteiger partial charge in [-0.2, -0.15) is 4.31 Å². The summed E-state index contributed by atoms with van der Waals surface area (Å²) in [6.45, 7) is 4.13. The minimum Gasteiger partial charge on any atom is -0.373 e. The third-order valence-corrected chi connectivity index (χ3v) is 8.88. The van der Waals surface area contributed by atoms with Crippen LogP contribution < -0.4 is 0 Å². The minimum atomic E-state index is -3.79. The average Bonchev–Trinajstić information content (AvgIpc) is 3.00. The second kappa shape index (κ2) is 8.54. The maximum absolute atomic E-state index is 13.2. The Morgan fingerprint density at radius 3 is 2.33 bits per heavy atom. The van der Waals surface area contributed by atoms with Crippen LogP contribution in [0, 0.1) is 0 Å². The van der Waals surface area contributed by atoms with Crippen molar-refractivity contribution in [3.8, 4) is 0 Å². The van der Waals surface area contributed by atoms with Crippen molar-refractivity contribution in [1.82, 2.24) is 14.3 Å². The van der Waals surface area contributed by atoms with E-state index in [9.17, 15) is 21.6 Å². The molecule has 1 aromatic carbocycles. The molecule has 3 atom stereocenters.